The number of benzene rings is 2. The molecule has 2 aromatic carbocycles. The molecule has 0 saturated carbocycles. The van der Waals surface area contributed by atoms with Gasteiger partial charge in [-0.15, -0.1) is 0 Å². The Bertz CT molecular complexity index is 1070. The Balaban J connectivity index is 1.57. The highest BCUT2D eigenvalue weighted by molar-refractivity contribution is 7.23. The molecule has 2 heterocycles. The van der Waals surface area contributed by atoms with Crippen LogP contribution in [0.15, 0.2) is 42.6 Å². The van der Waals surface area contributed by atoms with E-state index in [0.717, 1.165) is 26.7 Å². The number of aromatic amines is 1. The summed E-state index contributed by atoms with van der Waals surface area (Å²) in [7, 11) is 0. The lowest BCUT2D eigenvalue weighted by Crippen LogP contribution is -2.13. The summed E-state index contributed by atoms with van der Waals surface area (Å²) in [4.78, 5) is 19.9. The van der Waals surface area contributed by atoms with Crippen molar-refractivity contribution in [2.45, 2.75) is 6.42 Å². The van der Waals surface area contributed by atoms with Crippen LogP contribution >= 0.6 is 22.9 Å². The number of thiazole rings is 1. The van der Waals surface area contributed by atoms with Gasteiger partial charge in [0.1, 0.15) is 0 Å². The maximum atomic E-state index is 12.3. The van der Waals surface area contributed by atoms with Gasteiger partial charge in [-0.05, 0) is 35.9 Å². The van der Waals surface area contributed by atoms with E-state index >= 15 is 0 Å². The van der Waals surface area contributed by atoms with Crippen molar-refractivity contribution in [1.82, 2.24) is 9.97 Å². The number of nitrogen functional groups attached to an aromatic ring is 1. The zero-order valence-corrected chi connectivity index (χ0v) is 14.0. The number of amides is 1. The van der Waals surface area contributed by atoms with E-state index in [1.807, 2.05) is 42.6 Å². The van der Waals surface area contributed by atoms with Crippen LogP contribution in [0.5, 0.6) is 0 Å². The molecule has 0 atom stereocenters. The number of hydrogen-bond acceptors (Lipinski definition) is 4. The maximum absolute atomic E-state index is 12.3. The molecule has 4 rings (SSSR count). The summed E-state index contributed by atoms with van der Waals surface area (Å²) < 4.78 is 0.881. The Morgan fingerprint density at radius 1 is 1.33 bits per heavy atom. The van der Waals surface area contributed by atoms with Crippen LogP contribution < -0.4 is 11.1 Å². The molecule has 0 bridgehead atoms. The van der Waals surface area contributed by atoms with E-state index < -0.39 is 0 Å². The minimum absolute atomic E-state index is 0.131. The minimum Gasteiger partial charge on any atom is -0.398 e. The molecule has 0 unspecified atom stereocenters. The van der Waals surface area contributed by atoms with Gasteiger partial charge < -0.3 is 16.0 Å². The SMILES string of the molecule is Nc1cccc2nc(NC(=O)Cc3c[nH]c4ccc(Cl)cc34)sc12. The third-order valence-electron chi connectivity index (χ3n) is 3.77. The largest absolute Gasteiger partial charge is 0.398 e. The lowest BCUT2D eigenvalue weighted by Gasteiger charge is -2.01. The van der Waals surface area contributed by atoms with Gasteiger partial charge in [-0.3, -0.25) is 4.79 Å². The van der Waals surface area contributed by atoms with Crippen molar-refractivity contribution in [3.05, 3.63) is 53.2 Å². The molecule has 0 aliphatic carbocycles. The Kier molecular flexibility index (Phi) is 3.63. The zero-order chi connectivity index (χ0) is 16.7. The molecule has 1 amide bonds. The maximum Gasteiger partial charge on any atom is 0.230 e. The number of nitrogens with two attached hydrogens (primary N) is 1. The van der Waals surface area contributed by atoms with E-state index in [9.17, 15) is 4.79 Å². The van der Waals surface area contributed by atoms with Gasteiger partial charge in [-0.25, -0.2) is 4.98 Å². The first-order valence-corrected chi connectivity index (χ1v) is 8.50. The van der Waals surface area contributed by atoms with Crippen molar-refractivity contribution in [3.8, 4) is 0 Å². The van der Waals surface area contributed by atoms with Crippen molar-refractivity contribution < 1.29 is 4.79 Å². The second kappa shape index (κ2) is 5.81. The van der Waals surface area contributed by atoms with Gasteiger partial charge >= 0.3 is 0 Å². The number of nitrogens with zero attached hydrogens (tertiary/aromatic N) is 1. The first-order chi connectivity index (χ1) is 11.6. The number of hydrogen-bond donors (Lipinski definition) is 3. The lowest BCUT2D eigenvalue weighted by molar-refractivity contribution is -0.115. The molecular formula is C17H13ClN4OS. The van der Waals surface area contributed by atoms with Crippen LogP contribution in [-0.2, 0) is 11.2 Å². The molecule has 0 saturated heterocycles. The summed E-state index contributed by atoms with van der Waals surface area (Å²) in [5.74, 6) is -0.131. The van der Waals surface area contributed by atoms with Crippen LogP contribution in [0.4, 0.5) is 10.8 Å². The number of halogens is 1. The summed E-state index contributed by atoms with van der Waals surface area (Å²) >= 11 is 7.41. The van der Waals surface area contributed by atoms with E-state index in [4.69, 9.17) is 17.3 Å². The predicted molar refractivity (Wildman–Crippen MR) is 99.7 cm³/mol. The van der Waals surface area contributed by atoms with Crippen molar-refractivity contribution in [3.63, 3.8) is 0 Å². The monoisotopic (exact) mass is 356 g/mol. The number of nitrogens with one attached hydrogen (secondary N) is 2. The Morgan fingerprint density at radius 2 is 2.21 bits per heavy atom. The van der Waals surface area contributed by atoms with Gasteiger partial charge in [-0.1, -0.05) is 29.0 Å². The number of carbonyl (C=O) groups excluding carboxylic acids is 1. The smallest absolute Gasteiger partial charge is 0.230 e. The summed E-state index contributed by atoms with van der Waals surface area (Å²) in [5.41, 5.74) is 9.23. The molecule has 4 aromatic rings. The Labute approximate surface area is 146 Å². The lowest BCUT2D eigenvalue weighted by atomic mass is 10.1. The molecule has 7 heteroatoms. The number of anilines is 2. The second-order valence-electron chi connectivity index (χ2n) is 5.44. The van der Waals surface area contributed by atoms with Gasteiger partial charge in [0.15, 0.2) is 5.13 Å². The number of rotatable bonds is 3. The summed E-state index contributed by atoms with van der Waals surface area (Å²) in [6, 6.07) is 11.1. The molecule has 0 aliphatic heterocycles. The standard InChI is InChI=1S/C17H13ClN4OS/c18-10-4-5-13-11(7-10)9(8-20-13)6-15(23)22-17-21-14-3-1-2-12(19)16(14)24-17/h1-5,7-8,20H,6,19H2,(H,21,22,23). The molecule has 4 N–H and O–H groups in total. The molecule has 2 aromatic heterocycles. The third kappa shape index (κ3) is 2.70. The molecule has 0 radical (unpaired) electrons. The van der Waals surface area contributed by atoms with E-state index in [0.29, 0.717) is 15.8 Å². The molecule has 0 fully saturated rings. The minimum atomic E-state index is -0.131. The van der Waals surface area contributed by atoms with Crippen LogP contribution in [0.3, 0.4) is 0 Å². The predicted octanol–water partition coefficient (Wildman–Crippen LogP) is 4.19. The van der Waals surface area contributed by atoms with E-state index in [2.05, 4.69) is 15.3 Å². The first-order valence-electron chi connectivity index (χ1n) is 7.30. The van der Waals surface area contributed by atoms with Crippen molar-refractivity contribution in [2.24, 2.45) is 0 Å². The highest BCUT2D eigenvalue weighted by Crippen LogP contribution is 2.30. The summed E-state index contributed by atoms with van der Waals surface area (Å²) in [6.45, 7) is 0. The quantitative estimate of drug-likeness (QED) is 0.481. The van der Waals surface area contributed by atoms with E-state index in [-0.39, 0.29) is 12.3 Å². The number of aromatic nitrogens is 2. The molecule has 0 aliphatic rings. The van der Waals surface area contributed by atoms with Crippen molar-refractivity contribution in [1.29, 1.82) is 0 Å². The zero-order valence-electron chi connectivity index (χ0n) is 12.5. The van der Waals surface area contributed by atoms with Gasteiger partial charge in [0, 0.05) is 22.1 Å². The number of fused-ring (bicyclic) bond motifs is 2. The second-order valence-corrected chi connectivity index (χ2v) is 6.88. The number of carbonyl (C=O) groups is 1. The van der Waals surface area contributed by atoms with E-state index in [1.54, 1.807) is 0 Å². The molecule has 120 valence electrons. The molecule has 0 spiro atoms. The van der Waals surface area contributed by atoms with Crippen LogP contribution in [0, 0.1) is 0 Å². The van der Waals surface area contributed by atoms with Gasteiger partial charge in [0.25, 0.3) is 0 Å². The molecule has 5 nitrogen and oxygen atoms in total. The third-order valence-corrected chi connectivity index (χ3v) is 5.04. The van der Waals surface area contributed by atoms with Crippen molar-refractivity contribution in [2.75, 3.05) is 11.1 Å². The van der Waals surface area contributed by atoms with Crippen LogP contribution in [-0.4, -0.2) is 15.9 Å². The normalized spacial score (nSPS) is 11.2. The number of H-pyrrole nitrogens is 1. The topological polar surface area (TPSA) is 83.8 Å². The fraction of sp³-hybridized carbons (Fsp3) is 0.0588. The average molecular weight is 357 g/mol. The summed E-state index contributed by atoms with van der Waals surface area (Å²) in [5, 5.41) is 4.98. The van der Waals surface area contributed by atoms with Crippen LogP contribution in [0.2, 0.25) is 5.02 Å². The van der Waals surface area contributed by atoms with Crippen molar-refractivity contribution >= 4 is 60.8 Å². The Hall–Kier alpha value is -2.57. The molecule has 24 heavy (non-hydrogen) atoms. The highest BCUT2D eigenvalue weighted by Gasteiger charge is 2.12. The van der Waals surface area contributed by atoms with Gasteiger partial charge in [0.05, 0.1) is 22.3 Å². The van der Waals surface area contributed by atoms with Crippen LogP contribution in [0.1, 0.15) is 5.56 Å². The highest BCUT2D eigenvalue weighted by atomic mass is 35.5. The average Bonchev–Trinajstić information content (AvgIpc) is 3.12. The first kappa shape index (κ1) is 15.0. The fourth-order valence-corrected chi connectivity index (χ4v) is 3.74. The van der Waals surface area contributed by atoms with E-state index in [1.165, 1.54) is 11.3 Å². The summed E-state index contributed by atoms with van der Waals surface area (Å²) in [6.07, 6.45) is 2.07. The van der Waals surface area contributed by atoms with Gasteiger partial charge in [0.2, 0.25) is 5.91 Å². The fourth-order valence-electron chi connectivity index (χ4n) is 2.66. The Morgan fingerprint density at radius 3 is 3.04 bits per heavy atom. The van der Waals surface area contributed by atoms with Gasteiger partial charge in [-0.2, -0.15) is 0 Å². The molecular weight excluding hydrogens is 344 g/mol. The van der Waals surface area contributed by atoms with Crippen LogP contribution in [0.25, 0.3) is 21.1 Å².